The van der Waals surface area contributed by atoms with Crippen LogP contribution in [0.25, 0.3) is 10.9 Å². The quantitative estimate of drug-likeness (QED) is 0.366. The molecule has 1 heterocycles. The first-order valence-electron chi connectivity index (χ1n) is 10.5. The molecule has 34 heavy (non-hydrogen) atoms. The fourth-order valence-electron chi connectivity index (χ4n) is 3.89. The van der Waals surface area contributed by atoms with Crippen LogP contribution in [0, 0.1) is 11.6 Å². The van der Waals surface area contributed by atoms with Crippen molar-refractivity contribution in [1.82, 2.24) is 10.3 Å². The SMILES string of the molecule is O=C(Nc1c[nH]c2cc(F)c(F)cc12)C(=O)N[C@H]1CC[C@H](Oc2ccc(C(F)(F)F)cc2)CC1. The number of H-pyrrole nitrogens is 1. The van der Waals surface area contributed by atoms with E-state index in [9.17, 15) is 31.5 Å². The van der Waals surface area contributed by atoms with Crippen LogP contribution in [-0.2, 0) is 15.8 Å². The first kappa shape index (κ1) is 23.5. The topological polar surface area (TPSA) is 83.2 Å². The summed E-state index contributed by atoms with van der Waals surface area (Å²) in [6.45, 7) is 0. The number of benzene rings is 2. The number of rotatable bonds is 4. The summed E-state index contributed by atoms with van der Waals surface area (Å²) in [6, 6.07) is 6.05. The van der Waals surface area contributed by atoms with Crippen LogP contribution in [0.15, 0.2) is 42.6 Å². The first-order chi connectivity index (χ1) is 16.1. The van der Waals surface area contributed by atoms with Crippen molar-refractivity contribution >= 4 is 28.4 Å². The summed E-state index contributed by atoms with van der Waals surface area (Å²) in [4.78, 5) is 27.3. The van der Waals surface area contributed by atoms with Crippen molar-refractivity contribution in [2.24, 2.45) is 0 Å². The Hall–Kier alpha value is -3.63. The van der Waals surface area contributed by atoms with Gasteiger partial charge in [-0.25, -0.2) is 8.78 Å². The molecule has 2 amide bonds. The zero-order valence-electron chi connectivity index (χ0n) is 17.6. The number of hydrogen-bond acceptors (Lipinski definition) is 3. The highest BCUT2D eigenvalue weighted by atomic mass is 19.4. The lowest BCUT2D eigenvalue weighted by Crippen LogP contribution is -2.44. The van der Waals surface area contributed by atoms with E-state index in [4.69, 9.17) is 4.74 Å². The molecule has 0 atom stereocenters. The fraction of sp³-hybridized carbons (Fsp3) is 0.304. The van der Waals surface area contributed by atoms with Crippen molar-refractivity contribution < 1.29 is 36.3 Å². The van der Waals surface area contributed by atoms with Crippen LogP contribution in [0.5, 0.6) is 5.75 Å². The second-order valence-corrected chi connectivity index (χ2v) is 8.06. The molecule has 11 heteroatoms. The molecule has 4 rings (SSSR count). The molecule has 0 bridgehead atoms. The zero-order chi connectivity index (χ0) is 24.5. The van der Waals surface area contributed by atoms with Gasteiger partial charge in [0.1, 0.15) is 5.75 Å². The number of alkyl halides is 3. The minimum Gasteiger partial charge on any atom is -0.490 e. The number of amides is 2. The minimum atomic E-state index is -4.41. The van der Waals surface area contributed by atoms with Crippen molar-refractivity contribution in [2.45, 2.75) is 44.0 Å². The van der Waals surface area contributed by atoms with Crippen LogP contribution in [0.1, 0.15) is 31.2 Å². The van der Waals surface area contributed by atoms with Crippen LogP contribution >= 0.6 is 0 Å². The van der Waals surface area contributed by atoms with Gasteiger partial charge in [0.25, 0.3) is 0 Å². The highest BCUT2D eigenvalue weighted by molar-refractivity contribution is 6.40. The maximum absolute atomic E-state index is 13.5. The third-order valence-electron chi connectivity index (χ3n) is 5.67. The standard InChI is InChI=1S/C23H20F5N3O3/c24-17-9-16-19(10-18(17)25)29-11-20(16)31-22(33)21(32)30-13-3-7-15(8-4-13)34-14-5-1-12(2-6-14)23(26,27)28/h1-2,5-6,9-11,13,15,29H,3-4,7-8H2,(H,30,32)(H,31,33)/t13-,15-. The highest BCUT2D eigenvalue weighted by Gasteiger charge is 2.30. The van der Waals surface area contributed by atoms with E-state index >= 15 is 0 Å². The molecular formula is C23H20F5N3O3. The molecule has 0 unspecified atom stereocenters. The molecule has 0 saturated heterocycles. The smallest absolute Gasteiger partial charge is 0.416 e. The Morgan fingerprint density at radius 3 is 2.24 bits per heavy atom. The summed E-state index contributed by atoms with van der Waals surface area (Å²) < 4.78 is 70.5. The molecule has 1 aliphatic carbocycles. The Morgan fingerprint density at radius 1 is 0.941 bits per heavy atom. The van der Waals surface area contributed by atoms with Crippen LogP contribution < -0.4 is 15.4 Å². The van der Waals surface area contributed by atoms with Crippen LogP contribution in [0.2, 0.25) is 0 Å². The monoisotopic (exact) mass is 481 g/mol. The van der Waals surface area contributed by atoms with E-state index in [-0.39, 0.29) is 28.7 Å². The van der Waals surface area contributed by atoms with Crippen molar-refractivity contribution in [3.05, 3.63) is 59.8 Å². The number of hydrogen-bond donors (Lipinski definition) is 3. The van der Waals surface area contributed by atoms with E-state index in [1.807, 2.05) is 0 Å². The predicted molar refractivity (Wildman–Crippen MR) is 113 cm³/mol. The largest absolute Gasteiger partial charge is 0.490 e. The second-order valence-electron chi connectivity index (χ2n) is 8.06. The number of ether oxygens (including phenoxy) is 1. The van der Waals surface area contributed by atoms with Gasteiger partial charge in [-0.15, -0.1) is 0 Å². The number of nitrogens with one attached hydrogen (secondary N) is 3. The Balaban J connectivity index is 1.26. The van der Waals surface area contributed by atoms with E-state index in [1.165, 1.54) is 18.3 Å². The van der Waals surface area contributed by atoms with Gasteiger partial charge in [0, 0.05) is 23.7 Å². The van der Waals surface area contributed by atoms with E-state index in [1.54, 1.807) is 0 Å². The molecule has 0 aliphatic heterocycles. The lowest BCUT2D eigenvalue weighted by atomic mass is 9.93. The Bertz CT molecular complexity index is 1200. The van der Waals surface area contributed by atoms with Crippen molar-refractivity contribution in [2.75, 3.05) is 5.32 Å². The third-order valence-corrected chi connectivity index (χ3v) is 5.67. The van der Waals surface area contributed by atoms with E-state index in [0.717, 1.165) is 24.3 Å². The van der Waals surface area contributed by atoms with Gasteiger partial charge in [-0.2, -0.15) is 13.2 Å². The fourth-order valence-corrected chi connectivity index (χ4v) is 3.89. The van der Waals surface area contributed by atoms with Gasteiger partial charge in [-0.3, -0.25) is 9.59 Å². The highest BCUT2D eigenvalue weighted by Crippen LogP contribution is 2.31. The molecule has 0 radical (unpaired) electrons. The molecule has 6 nitrogen and oxygen atoms in total. The average molecular weight is 481 g/mol. The summed E-state index contributed by atoms with van der Waals surface area (Å²) in [7, 11) is 0. The summed E-state index contributed by atoms with van der Waals surface area (Å²) in [6.07, 6.45) is -1.19. The summed E-state index contributed by atoms with van der Waals surface area (Å²) in [5.41, 5.74) is -0.349. The first-order valence-corrected chi connectivity index (χ1v) is 10.5. The number of fused-ring (bicyclic) bond motifs is 1. The van der Waals surface area contributed by atoms with Crippen molar-refractivity contribution in [1.29, 1.82) is 0 Å². The number of anilines is 1. The molecule has 3 N–H and O–H groups in total. The maximum atomic E-state index is 13.5. The molecule has 1 saturated carbocycles. The van der Waals surface area contributed by atoms with Gasteiger partial charge in [0.05, 0.1) is 22.9 Å². The van der Waals surface area contributed by atoms with Gasteiger partial charge in [0.15, 0.2) is 11.6 Å². The lowest BCUT2D eigenvalue weighted by Gasteiger charge is -2.29. The van der Waals surface area contributed by atoms with E-state index < -0.39 is 35.2 Å². The summed E-state index contributed by atoms with van der Waals surface area (Å²) in [5.74, 6) is -3.61. The van der Waals surface area contributed by atoms with Gasteiger partial charge in [-0.05, 0) is 56.0 Å². The van der Waals surface area contributed by atoms with Gasteiger partial charge in [0.2, 0.25) is 0 Å². The Labute approximate surface area is 190 Å². The van der Waals surface area contributed by atoms with Crippen LogP contribution in [0.4, 0.5) is 27.6 Å². The minimum absolute atomic E-state index is 0.141. The molecule has 1 aliphatic rings. The second kappa shape index (κ2) is 9.32. The molecule has 3 aromatic rings. The van der Waals surface area contributed by atoms with Gasteiger partial charge < -0.3 is 20.4 Å². The van der Waals surface area contributed by atoms with Crippen LogP contribution in [0.3, 0.4) is 0 Å². The normalized spacial score (nSPS) is 18.5. The average Bonchev–Trinajstić information content (AvgIpc) is 3.16. The number of aromatic nitrogens is 1. The van der Waals surface area contributed by atoms with Crippen molar-refractivity contribution in [3.8, 4) is 5.75 Å². The molecule has 180 valence electrons. The maximum Gasteiger partial charge on any atom is 0.416 e. The molecular weight excluding hydrogens is 461 g/mol. The zero-order valence-corrected chi connectivity index (χ0v) is 17.6. The summed E-state index contributed by atoms with van der Waals surface area (Å²) in [5, 5.41) is 5.24. The number of carbonyl (C=O) groups is 2. The number of halogens is 5. The third kappa shape index (κ3) is 5.29. The Kier molecular flexibility index (Phi) is 6.45. The van der Waals surface area contributed by atoms with Crippen LogP contribution in [-0.4, -0.2) is 28.9 Å². The lowest BCUT2D eigenvalue weighted by molar-refractivity contribution is -0.137. The van der Waals surface area contributed by atoms with Gasteiger partial charge >= 0.3 is 18.0 Å². The van der Waals surface area contributed by atoms with E-state index in [2.05, 4.69) is 15.6 Å². The number of aromatic amines is 1. The predicted octanol–water partition coefficient (Wildman–Crippen LogP) is 4.91. The Morgan fingerprint density at radius 2 is 1.59 bits per heavy atom. The van der Waals surface area contributed by atoms with Gasteiger partial charge in [-0.1, -0.05) is 0 Å². The molecule has 0 spiro atoms. The molecule has 1 aromatic heterocycles. The number of carbonyl (C=O) groups excluding carboxylic acids is 2. The summed E-state index contributed by atoms with van der Waals surface area (Å²) >= 11 is 0. The molecule has 1 fully saturated rings. The van der Waals surface area contributed by atoms with Crippen molar-refractivity contribution in [3.63, 3.8) is 0 Å². The van der Waals surface area contributed by atoms with E-state index in [0.29, 0.717) is 31.4 Å². The molecule has 2 aromatic carbocycles.